The van der Waals surface area contributed by atoms with E-state index in [1.54, 1.807) is 24.3 Å². The number of phenolic OH excluding ortho intramolecular Hbond substituents is 1. The van der Waals surface area contributed by atoms with E-state index < -0.39 is 5.41 Å². The summed E-state index contributed by atoms with van der Waals surface area (Å²) in [6.07, 6.45) is 7.16. The van der Waals surface area contributed by atoms with Crippen molar-refractivity contribution in [3.8, 4) is 11.5 Å². The number of nitrogens with zero attached hydrogens (tertiary/aromatic N) is 2. The van der Waals surface area contributed by atoms with Gasteiger partial charge in [0.25, 0.3) is 0 Å². The van der Waals surface area contributed by atoms with Gasteiger partial charge in [0, 0.05) is 50.1 Å². The molecule has 3 aliphatic heterocycles. The van der Waals surface area contributed by atoms with E-state index in [0.29, 0.717) is 75.6 Å². The van der Waals surface area contributed by atoms with Crippen LogP contribution < -0.4 is 21.5 Å². The molecule has 3 aliphatic rings. The van der Waals surface area contributed by atoms with E-state index in [1.165, 1.54) is 6.20 Å². The molecule has 0 bridgehead atoms. The minimum absolute atomic E-state index is 0.107. The van der Waals surface area contributed by atoms with E-state index in [1.807, 2.05) is 53.4 Å². The summed E-state index contributed by atoms with van der Waals surface area (Å²) in [5.74, 6) is 0.570. The number of rotatable bonds is 9. The summed E-state index contributed by atoms with van der Waals surface area (Å²) in [6, 6.07) is 24.6. The highest BCUT2D eigenvalue weighted by Crippen LogP contribution is 2.40. The average Bonchev–Trinajstić information content (AvgIpc) is 3.14. The molecular formula is C39H45N5O5. The summed E-state index contributed by atoms with van der Waals surface area (Å²) in [4.78, 5) is 42.3. The first kappa shape index (κ1) is 33.6. The molecule has 6 rings (SSSR count). The van der Waals surface area contributed by atoms with Crippen LogP contribution in [0.1, 0.15) is 61.1 Å². The number of para-hydroxylation sites is 1. The van der Waals surface area contributed by atoms with Crippen molar-refractivity contribution in [2.45, 2.75) is 49.9 Å². The number of nitrogens with one attached hydrogen (secondary N) is 1. The first-order chi connectivity index (χ1) is 23.8. The quantitative estimate of drug-likeness (QED) is 0.195. The molecule has 10 nitrogen and oxygen atoms in total. The minimum Gasteiger partial charge on any atom is -0.507 e. The lowest BCUT2D eigenvalue weighted by atomic mass is 9.71. The molecule has 3 aromatic rings. The largest absolute Gasteiger partial charge is 0.507 e. The topological polar surface area (TPSA) is 151 Å². The normalized spacial score (nSPS) is 20.5. The van der Waals surface area contributed by atoms with Crippen molar-refractivity contribution in [3.05, 3.63) is 114 Å². The van der Waals surface area contributed by atoms with Crippen LogP contribution in [0.5, 0.6) is 11.5 Å². The van der Waals surface area contributed by atoms with Gasteiger partial charge in [-0.05, 0) is 79.5 Å². The van der Waals surface area contributed by atoms with Crippen molar-refractivity contribution in [3.63, 3.8) is 0 Å². The molecule has 3 aromatic carbocycles. The van der Waals surface area contributed by atoms with E-state index in [4.69, 9.17) is 16.2 Å². The fraction of sp³-hybridized carbons (Fsp3) is 0.359. The van der Waals surface area contributed by atoms with E-state index in [0.717, 1.165) is 35.4 Å². The third-order valence-corrected chi connectivity index (χ3v) is 10.3. The van der Waals surface area contributed by atoms with Crippen molar-refractivity contribution < 1.29 is 24.2 Å². The maximum atomic E-state index is 14.4. The van der Waals surface area contributed by atoms with Crippen LogP contribution in [0, 0.1) is 5.92 Å². The van der Waals surface area contributed by atoms with Crippen molar-refractivity contribution in [1.82, 2.24) is 15.1 Å². The molecule has 0 radical (unpaired) electrons. The minimum atomic E-state index is -0.641. The van der Waals surface area contributed by atoms with Gasteiger partial charge in [-0.15, -0.1) is 0 Å². The molecule has 0 spiro atoms. The molecule has 0 aliphatic carbocycles. The lowest BCUT2D eigenvalue weighted by Gasteiger charge is -2.45. The zero-order valence-electron chi connectivity index (χ0n) is 27.7. The SMILES string of the molecule is N/C=C(\C=C(/N)c1ccccc1O)N1CCC(C(=O)N2CCC(COc3ccc([C@H]4CCC(=O)NC4=O)cc3)CC2)(c2ccccc2)CC1. The van der Waals surface area contributed by atoms with Crippen molar-refractivity contribution in [2.75, 3.05) is 32.8 Å². The number of carbonyl (C=O) groups is 3. The molecule has 0 saturated carbocycles. The van der Waals surface area contributed by atoms with Crippen molar-refractivity contribution >= 4 is 23.4 Å². The molecule has 3 amide bonds. The molecule has 0 aromatic heterocycles. The maximum absolute atomic E-state index is 14.4. The van der Waals surface area contributed by atoms with Gasteiger partial charge >= 0.3 is 0 Å². The number of hydrogen-bond donors (Lipinski definition) is 4. The van der Waals surface area contributed by atoms with Crippen LogP contribution in [0.2, 0.25) is 0 Å². The second kappa shape index (κ2) is 14.9. The predicted molar refractivity (Wildman–Crippen MR) is 188 cm³/mol. The van der Waals surface area contributed by atoms with Crippen LogP contribution in [0.4, 0.5) is 0 Å². The standard InChI is InChI=1S/C39H45N5O5/c40-25-30(24-34(41)33-8-4-5-9-35(33)45)43-22-18-39(19-23-43,29-6-2-1-3-7-29)38(48)44-20-16-27(17-21-44)26-49-31-12-10-28(11-13-31)32-14-15-36(46)42-37(32)47/h1-13,24-25,27,32,45H,14-23,26,40-41H2,(H,42,46,47)/b30-25+,34-24-/t32-/m1/s1. The number of carbonyl (C=O) groups excluding carboxylic acids is 3. The number of phenols is 1. The van der Waals surface area contributed by atoms with Gasteiger partial charge < -0.3 is 31.1 Å². The third-order valence-electron chi connectivity index (χ3n) is 10.3. The Hall–Kier alpha value is -5.25. The number of amides is 3. The third kappa shape index (κ3) is 7.43. The summed E-state index contributed by atoms with van der Waals surface area (Å²) >= 11 is 0. The van der Waals surface area contributed by atoms with Gasteiger partial charge in [0.2, 0.25) is 17.7 Å². The summed E-state index contributed by atoms with van der Waals surface area (Å²) < 4.78 is 6.13. The predicted octanol–water partition coefficient (Wildman–Crippen LogP) is 4.36. The van der Waals surface area contributed by atoms with E-state index in [2.05, 4.69) is 22.3 Å². The van der Waals surface area contributed by atoms with E-state index in [-0.39, 0.29) is 29.4 Å². The van der Waals surface area contributed by atoms with Crippen LogP contribution >= 0.6 is 0 Å². The molecule has 49 heavy (non-hydrogen) atoms. The number of hydrogen-bond acceptors (Lipinski definition) is 8. The number of nitrogens with two attached hydrogens (primary N) is 2. The Labute approximate surface area is 287 Å². The van der Waals surface area contributed by atoms with Crippen LogP contribution in [-0.2, 0) is 19.8 Å². The number of aromatic hydroxyl groups is 1. The number of likely N-dealkylation sites (tertiary alicyclic amines) is 2. The fourth-order valence-corrected chi connectivity index (χ4v) is 7.36. The Kier molecular flexibility index (Phi) is 10.2. The highest BCUT2D eigenvalue weighted by molar-refractivity contribution is 6.00. The van der Waals surface area contributed by atoms with Crippen LogP contribution in [0.3, 0.4) is 0 Å². The summed E-state index contributed by atoms with van der Waals surface area (Å²) in [5.41, 5.74) is 15.4. The number of benzene rings is 3. The zero-order chi connectivity index (χ0) is 34.4. The van der Waals surface area contributed by atoms with Crippen LogP contribution in [0.25, 0.3) is 5.70 Å². The molecule has 0 unspecified atom stereocenters. The highest BCUT2D eigenvalue weighted by Gasteiger charge is 2.45. The lowest BCUT2D eigenvalue weighted by molar-refractivity contribution is -0.141. The molecule has 256 valence electrons. The summed E-state index contributed by atoms with van der Waals surface area (Å²) in [5, 5.41) is 12.7. The number of ether oxygens (including phenoxy) is 1. The summed E-state index contributed by atoms with van der Waals surface area (Å²) in [6.45, 7) is 3.16. The molecule has 3 saturated heterocycles. The van der Waals surface area contributed by atoms with Crippen LogP contribution in [-0.4, -0.2) is 65.4 Å². The lowest BCUT2D eigenvalue weighted by Crippen LogP contribution is -2.54. The molecule has 10 heteroatoms. The fourth-order valence-electron chi connectivity index (χ4n) is 7.36. The van der Waals surface area contributed by atoms with Crippen molar-refractivity contribution in [2.24, 2.45) is 17.4 Å². The van der Waals surface area contributed by atoms with Crippen molar-refractivity contribution in [1.29, 1.82) is 0 Å². The van der Waals surface area contributed by atoms with Gasteiger partial charge in [-0.3, -0.25) is 19.7 Å². The molecular weight excluding hydrogens is 618 g/mol. The Bertz CT molecular complexity index is 1710. The highest BCUT2D eigenvalue weighted by atomic mass is 16.5. The first-order valence-corrected chi connectivity index (χ1v) is 17.1. The Balaban J connectivity index is 1.06. The number of piperidine rings is 3. The molecule has 3 fully saturated rings. The monoisotopic (exact) mass is 663 g/mol. The van der Waals surface area contributed by atoms with Gasteiger partial charge in [-0.2, -0.15) is 0 Å². The average molecular weight is 664 g/mol. The first-order valence-electron chi connectivity index (χ1n) is 17.1. The Morgan fingerprint density at radius 1 is 0.898 bits per heavy atom. The van der Waals surface area contributed by atoms with Crippen LogP contribution in [0.15, 0.2) is 96.8 Å². The van der Waals surface area contributed by atoms with Gasteiger partial charge in [-0.25, -0.2) is 0 Å². The smallest absolute Gasteiger partial charge is 0.234 e. The second-order valence-electron chi connectivity index (χ2n) is 13.3. The summed E-state index contributed by atoms with van der Waals surface area (Å²) in [7, 11) is 0. The van der Waals surface area contributed by atoms with E-state index in [9.17, 15) is 19.5 Å². The molecule has 1 atom stereocenters. The zero-order valence-corrected chi connectivity index (χ0v) is 27.7. The Morgan fingerprint density at radius 3 is 2.22 bits per heavy atom. The second-order valence-corrected chi connectivity index (χ2v) is 13.3. The Morgan fingerprint density at radius 2 is 1.57 bits per heavy atom. The van der Waals surface area contributed by atoms with Gasteiger partial charge in [-0.1, -0.05) is 54.6 Å². The van der Waals surface area contributed by atoms with Gasteiger partial charge in [0.15, 0.2) is 0 Å². The number of allylic oxidation sites excluding steroid dienone is 1. The van der Waals surface area contributed by atoms with E-state index >= 15 is 0 Å². The van der Waals surface area contributed by atoms with Gasteiger partial charge in [0.1, 0.15) is 11.5 Å². The van der Waals surface area contributed by atoms with Gasteiger partial charge in [0.05, 0.1) is 23.6 Å². The number of imide groups is 1. The molecule has 3 heterocycles. The molecule has 6 N–H and O–H groups in total. The maximum Gasteiger partial charge on any atom is 0.234 e.